The summed E-state index contributed by atoms with van der Waals surface area (Å²) in [6.45, 7) is 10.3. The summed E-state index contributed by atoms with van der Waals surface area (Å²) in [5.74, 6) is 0. The zero-order chi connectivity index (χ0) is 25.3. The van der Waals surface area contributed by atoms with Crippen LogP contribution in [0.4, 0.5) is 0 Å². The Kier molecular flexibility index (Phi) is 8.32. The van der Waals surface area contributed by atoms with Crippen LogP contribution in [0.5, 0.6) is 0 Å². The summed E-state index contributed by atoms with van der Waals surface area (Å²) in [4.78, 5) is 0. The van der Waals surface area contributed by atoms with E-state index in [0.29, 0.717) is 0 Å². The summed E-state index contributed by atoms with van der Waals surface area (Å²) in [6.07, 6.45) is 9.89. The molecule has 0 saturated heterocycles. The maximum Gasteiger partial charge on any atom is -0.0109 e. The minimum Gasteiger partial charge on any atom is -0.0955 e. The summed E-state index contributed by atoms with van der Waals surface area (Å²) < 4.78 is 0. The van der Waals surface area contributed by atoms with Crippen LogP contribution in [-0.4, -0.2) is 0 Å². The van der Waals surface area contributed by atoms with Gasteiger partial charge in [-0.3, -0.25) is 0 Å². The summed E-state index contributed by atoms with van der Waals surface area (Å²) >= 11 is 0. The largest absolute Gasteiger partial charge is 0.0955 e. The fourth-order valence-corrected chi connectivity index (χ4v) is 4.36. The summed E-state index contributed by atoms with van der Waals surface area (Å²) in [7, 11) is 0. The first-order valence-corrected chi connectivity index (χ1v) is 12.7. The van der Waals surface area contributed by atoms with E-state index in [1.165, 1.54) is 50.1 Å². The van der Waals surface area contributed by atoms with Gasteiger partial charge in [0.1, 0.15) is 0 Å². The lowest BCUT2D eigenvalue weighted by atomic mass is 9.93. The fourth-order valence-electron chi connectivity index (χ4n) is 4.36. The third-order valence-corrected chi connectivity index (χ3v) is 6.32. The molecule has 0 spiro atoms. The Labute approximate surface area is 216 Å². The zero-order valence-electron chi connectivity index (χ0n) is 21.5. The van der Waals surface area contributed by atoms with E-state index in [0.717, 1.165) is 12.0 Å². The standard InChI is InChI=1S/C36H34/c1-5-10-34(11-6-2)36(35-12-8-7-9-13-35)26-28-14-16-30(17-15-28)32-22-24-33(25-23-32)31-20-18-29(19-21-31)27(3)4/h5,7-26H,3,6H2,1-2,4H3/b10-5-,34-11+,36-26?. The Bertz CT molecular complexity index is 1380. The normalized spacial score (nSPS) is 12.2. The van der Waals surface area contributed by atoms with Crippen molar-refractivity contribution in [1.29, 1.82) is 0 Å². The van der Waals surface area contributed by atoms with E-state index in [2.05, 4.69) is 148 Å². The molecule has 0 bridgehead atoms. The number of hydrogen-bond acceptors (Lipinski definition) is 0. The maximum atomic E-state index is 4.03. The van der Waals surface area contributed by atoms with E-state index in [1.807, 2.05) is 6.92 Å². The Balaban J connectivity index is 1.60. The molecule has 4 aromatic carbocycles. The third-order valence-electron chi connectivity index (χ3n) is 6.32. The van der Waals surface area contributed by atoms with E-state index in [-0.39, 0.29) is 0 Å². The van der Waals surface area contributed by atoms with Crippen molar-refractivity contribution in [2.75, 3.05) is 0 Å². The average Bonchev–Trinajstić information content (AvgIpc) is 2.93. The van der Waals surface area contributed by atoms with E-state index in [9.17, 15) is 0 Å². The van der Waals surface area contributed by atoms with Crippen molar-refractivity contribution < 1.29 is 0 Å². The Morgan fingerprint density at radius 3 is 1.64 bits per heavy atom. The topological polar surface area (TPSA) is 0 Å². The summed E-state index contributed by atoms with van der Waals surface area (Å²) in [5.41, 5.74) is 12.1. The van der Waals surface area contributed by atoms with Crippen LogP contribution in [0, 0.1) is 0 Å². The Hall–Kier alpha value is -4.16. The lowest BCUT2D eigenvalue weighted by molar-refractivity contribution is 1.21. The molecule has 0 saturated carbocycles. The van der Waals surface area contributed by atoms with Crippen LogP contribution in [0.2, 0.25) is 0 Å². The van der Waals surface area contributed by atoms with Gasteiger partial charge in [-0.25, -0.2) is 0 Å². The van der Waals surface area contributed by atoms with Gasteiger partial charge in [0.15, 0.2) is 0 Å². The highest BCUT2D eigenvalue weighted by Crippen LogP contribution is 2.30. The van der Waals surface area contributed by atoms with Crippen molar-refractivity contribution in [1.82, 2.24) is 0 Å². The highest BCUT2D eigenvalue weighted by Gasteiger charge is 2.07. The maximum absolute atomic E-state index is 4.03. The van der Waals surface area contributed by atoms with Crippen molar-refractivity contribution in [3.63, 3.8) is 0 Å². The predicted molar refractivity (Wildman–Crippen MR) is 160 cm³/mol. The van der Waals surface area contributed by atoms with Gasteiger partial charge in [-0.05, 0) is 76.4 Å². The molecule has 0 unspecified atom stereocenters. The van der Waals surface area contributed by atoms with Gasteiger partial charge in [-0.2, -0.15) is 0 Å². The van der Waals surface area contributed by atoms with E-state index >= 15 is 0 Å². The Morgan fingerprint density at radius 2 is 1.17 bits per heavy atom. The fraction of sp³-hybridized carbons (Fsp3) is 0.111. The minimum atomic E-state index is 0.997. The molecule has 0 amide bonds. The van der Waals surface area contributed by atoms with Crippen LogP contribution in [0.1, 0.15) is 43.9 Å². The molecule has 0 aliphatic carbocycles. The van der Waals surface area contributed by atoms with Gasteiger partial charge < -0.3 is 0 Å². The molecule has 0 atom stereocenters. The molecule has 4 rings (SSSR count). The quantitative estimate of drug-likeness (QED) is 0.179. The number of allylic oxidation sites excluding steroid dienone is 6. The molecule has 0 radical (unpaired) electrons. The molecule has 178 valence electrons. The van der Waals surface area contributed by atoms with E-state index in [4.69, 9.17) is 0 Å². The van der Waals surface area contributed by atoms with Crippen LogP contribution in [0.3, 0.4) is 0 Å². The first-order chi connectivity index (χ1) is 17.6. The summed E-state index contributed by atoms with van der Waals surface area (Å²) in [5, 5.41) is 0. The van der Waals surface area contributed by atoms with Crippen LogP contribution in [0.25, 0.3) is 39.5 Å². The molecule has 0 N–H and O–H groups in total. The Morgan fingerprint density at radius 1 is 0.667 bits per heavy atom. The molecular formula is C36H34. The second kappa shape index (κ2) is 12.0. The molecule has 4 aromatic rings. The molecule has 0 aliphatic heterocycles. The minimum absolute atomic E-state index is 0.997. The third kappa shape index (κ3) is 6.09. The molecule has 0 nitrogen and oxygen atoms in total. The van der Waals surface area contributed by atoms with Crippen molar-refractivity contribution in [3.05, 3.63) is 150 Å². The van der Waals surface area contributed by atoms with E-state index in [1.54, 1.807) is 0 Å². The van der Waals surface area contributed by atoms with Gasteiger partial charge in [-0.1, -0.05) is 140 Å². The second-order valence-electron chi connectivity index (χ2n) is 9.05. The first-order valence-electron chi connectivity index (χ1n) is 12.7. The van der Waals surface area contributed by atoms with Gasteiger partial charge in [0, 0.05) is 0 Å². The van der Waals surface area contributed by atoms with Crippen molar-refractivity contribution in [2.24, 2.45) is 0 Å². The second-order valence-corrected chi connectivity index (χ2v) is 9.05. The van der Waals surface area contributed by atoms with Gasteiger partial charge >= 0.3 is 0 Å². The van der Waals surface area contributed by atoms with Crippen molar-refractivity contribution >= 4 is 17.2 Å². The van der Waals surface area contributed by atoms with Crippen LogP contribution in [-0.2, 0) is 0 Å². The molecule has 0 heteroatoms. The molecule has 0 aliphatic rings. The number of hydrogen-bond donors (Lipinski definition) is 0. The van der Waals surface area contributed by atoms with Crippen LogP contribution < -0.4 is 0 Å². The SMILES string of the molecule is C=C(C)c1ccc(-c2ccc(-c3ccc(C=C(C(/C=C\C)=C/CC)c4ccccc4)cc3)cc2)cc1. The highest BCUT2D eigenvalue weighted by molar-refractivity contribution is 5.93. The molecule has 0 fully saturated rings. The van der Waals surface area contributed by atoms with Crippen LogP contribution >= 0.6 is 0 Å². The molecule has 0 aromatic heterocycles. The van der Waals surface area contributed by atoms with Crippen LogP contribution in [0.15, 0.2) is 134 Å². The molecule has 36 heavy (non-hydrogen) atoms. The number of benzene rings is 4. The lowest BCUT2D eigenvalue weighted by Gasteiger charge is -2.11. The lowest BCUT2D eigenvalue weighted by Crippen LogP contribution is -1.89. The first kappa shape index (κ1) is 24.9. The molecular weight excluding hydrogens is 432 g/mol. The monoisotopic (exact) mass is 466 g/mol. The van der Waals surface area contributed by atoms with Crippen molar-refractivity contribution in [2.45, 2.75) is 27.2 Å². The smallest absolute Gasteiger partial charge is 0.0109 e. The summed E-state index contributed by atoms with van der Waals surface area (Å²) in [6, 6.07) is 36.9. The highest BCUT2D eigenvalue weighted by atomic mass is 14.1. The number of rotatable bonds is 8. The van der Waals surface area contributed by atoms with Gasteiger partial charge in [0.05, 0.1) is 0 Å². The van der Waals surface area contributed by atoms with Gasteiger partial charge in [-0.15, -0.1) is 0 Å². The van der Waals surface area contributed by atoms with Crippen molar-refractivity contribution in [3.8, 4) is 22.3 Å². The van der Waals surface area contributed by atoms with E-state index < -0.39 is 0 Å². The van der Waals surface area contributed by atoms with Gasteiger partial charge in [0.25, 0.3) is 0 Å². The predicted octanol–water partition coefficient (Wildman–Crippen LogP) is 10.5. The van der Waals surface area contributed by atoms with Gasteiger partial charge in [0.2, 0.25) is 0 Å². The average molecular weight is 467 g/mol. The zero-order valence-corrected chi connectivity index (χ0v) is 21.5. The molecule has 0 heterocycles.